The van der Waals surface area contributed by atoms with E-state index < -0.39 is 0 Å². The number of hydrogen-bond donors (Lipinski definition) is 2. The quantitative estimate of drug-likeness (QED) is 0.403. The molecule has 8 heteroatoms. The van der Waals surface area contributed by atoms with Gasteiger partial charge in [-0.05, 0) is 20.3 Å². The molecular formula is C15H24IN5OS. The smallest absolute Gasteiger partial charge is 0.214 e. The van der Waals surface area contributed by atoms with Crippen LogP contribution in [0.4, 0.5) is 0 Å². The minimum Gasteiger partial charge on any atom is -0.444 e. The van der Waals surface area contributed by atoms with Gasteiger partial charge in [-0.25, -0.2) is 9.97 Å². The zero-order valence-corrected chi connectivity index (χ0v) is 17.1. The Labute approximate surface area is 158 Å². The van der Waals surface area contributed by atoms with Crippen LogP contribution in [0.15, 0.2) is 15.6 Å². The SMILES string of the molecule is CCc1cnc(CCNC(=NC)NCc2nc(C)c(C)o2)s1.I. The first-order valence-corrected chi connectivity index (χ1v) is 8.25. The second-order valence-corrected chi connectivity index (χ2v) is 6.13. The normalized spacial score (nSPS) is 11.2. The Balaban J connectivity index is 0.00000264. The van der Waals surface area contributed by atoms with E-state index in [1.54, 1.807) is 18.4 Å². The molecule has 0 saturated carbocycles. The Bertz CT molecular complexity index is 618. The molecule has 0 aliphatic rings. The molecule has 128 valence electrons. The molecule has 2 rings (SSSR count). The zero-order valence-electron chi connectivity index (χ0n) is 14.0. The fourth-order valence-corrected chi connectivity index (χ4v) is 2.77. The monoisotopic (exact) mass is 449 g/mol. The highest BCUT2D eigenvalue weighted by molar-refractivity contribution is 14.0. The number of oxazole rings is 1. The van der Waals surface area contributed by atoms with Crippen molar-refractivity contribution in [1.29, 1.82) is 0 Å². The summed E-state index contributed by atoms with van der Waals surface area (Å²) in [5.41, 5.74) is 0.926. The lowest BCUT2D eigenvalue weighted by Crippen LogP contribution is -2.37. The van der Waals surface area contributed by atoms with Crippen molar-refractivity contribution in [2.75, 3.05) is 13.6 Å². The summed E-state index contributed by atoms with van der Waals surface area (Å²) in [6, 6.07) is 0. The van der Waals surface area contributed by atoms with Crippen LogP contribution in [0.3, 0.4) is 0 Å². The van der Waals surface area contributed by atoms with Gasteiger partial charge in [-0.15, -0.1) is 35.3 Å². The number of nitrogens with zero attached hydrogens (tertiary/aromatic N) is 3. The average Bonchev–Trinajstić information content (AvgIpc) is 3.09. The second kappa shape index (κ2) is 9.86. The summed E-state index contributed by atoms with van der Waals surface area (Å²) in [6.07, 6.45) is 3.90. The molecule has 0 atom stereocenters. The van der Waals surface area contributed by atoms with E-state index in [4.69, 9.17) is 4.42 Å². The van der Waals surface area contributed by atoms with Crippen molar-refractivity contribution in [3.8, 4) is 0 Å². The van der Waals surface area contributed by atoms with Gasteiger partial charge in [0.05, 0.1) is 17.2 Å². The molecule has 23 heavy (non-hydrogen) atoms. The van der Waals surface area contributed by atoms with Crippen LogP contribution in [0.2, 0.25) is 0 Å². The Kier molecular flexibility index (Phi) is 8.53. The molecule has 0 unspecified atom stereocenters. The Morgan fingerprint density at radius 1 is 1.35 bits per heavy atom. The van der Waals surface area contributed by atoms with Crippen molar-refractivity contribution in [3.63, 3.8) is 0 Å². The number of thiazole rings is 1. The van der Waals surface area contributed by atoms with Gasteiger partial charge in [0.2, 0.25) is 5.89 Å². The molecule has 0 fully saturated rings. The predicted molar refractivity (Wildman–Crippen MR) is 105 cm³/mol. The Morgan fingerprint density at radius 2 is 2.13 bits per heavy atom. The lowest BCUT2D eigenvalue weighted by atomic mass is 10.4. The lowest BCUT2D eigenvalue weighted by Gasteiger charge is -2.09. The highest BCUT2D eigenvalue weighted by Crippen LogP contribution is 2.13. The van der Waals surface area contributed by atoms with Crippen molar-refractivity contribution < 1.29 is 4.42 Å². The van der Waals surface area contributed by atoms with E-state index in [9.17, 15) is 0 Å². The molecule has 6 nitrogen and oxygen atoms in total. The molecule has 0 saturated heterocycles. The van der Waals surface area contributed by atoms with Gasteiger partial charge >= 0.3 is 0 Å². The molecule has 2 aromatic heterocycles. The van der Waals surface area contributed by atoms with Gasteiger partial charge in [0.25, 0.3) is 0 Å². The number of rotatable bonds is 6. The summed E-state index contributed by atoms with van der Waals surface area (Å²) in [4.78, 5) is 14.3. The minimum absolute atomic E-state index is 0. The van der Waals surface area contributed by atoms with Gasteiger partial charge in [-0.3, -0.25) is 4.99 Å². The maximum Gasteiger partial charge on any atom is 0.214 e. The number of nitrogens with one attached hydrogen (secondary N) is 2. The average molecular weight is 449 g/mol. The summed E-state index contributed by atoms with van der Waals surface area (Å²) in [6.45, 7) is 7.31. The van der Waals surface area contributed by atoms with Gasteiger partial charge in [-0.2, -0.15) is 0 Å². The first-order chi connectivity index (χ1) is 10.6. The van der Waals surface area contributed by atoms with Crippen LogP contribution in [0.1, 0.15) is 34.2 Å². The minimum atomic E-state index is 0. The third kappa shape index (κ3) is 6.09. The highest BCUT2D eigenvalue weighted by atomic mass is 127. The largest absolute Gasteiger partial charge is 0.444 e. The lowest BCUT2D eigenvalue weighted by molar-refractivity contribution is 0.464. The predicted octanol–water partition coefficient (Wildman–Crippen LogP) is 2.84. The van der Waals surface area contributed by atoms with E-state index >= 15 is 0 Å². The molecule has 2 heterocycles. The third-order valence-electron chi connectivity index (χ3n) is 3.28. The second-order valence-electron chi connectivity index (χ2n) is 4.93. The van der Waals surface area contributed by atoms with Crippen LogP contribution in [-0.2, 0) is 19.4 Å². The van der Waals surface area contributed by atoms with Crippen molar-refractivity contribution in [1.82, 2.24) is 20.6 Å². The van der Waals surface area contributed by atoms with E-state index in [0.29, 0.717) is 12.4 Å². The van der Waals surface area contributed by atoms with Crippen LogP contribution < -0.4 is 10.6 Å². The van der Waals surface area contributed by atoms with E-state index in [1.807, 2.05) is 20.0 Å². The van der Waals surface area contributed by atoms with Crippen molar-refractivity contribution in [2.24, 2.45) is 4.99 Å². The molecule has 2 aromatic rings. The topological polar surface area (TPSA) is 75.3 Å². The Morgan fingerprint density at radius 3 is 2.70 bits per heavy atom. The molecule has 0 aliphatic heterocycles. The van der Waals surface area contributed by atoms with E-state index in [1.165, 1.54) is 4.88 Å². The molecular weight excluding hydrogens is 425 g/mol. The summed E-state index contributed by atoms with van der Waals surface area (Å²) < 4.78 is 5.53. The number of aryl methyl sites for hydroxylation is 3. The highest BCUT2D eigenvalue weighted by Gasteiger charge is 2.06. The van der Waals surface area contributed by atoms with Crippen LogP contribution in [0.5, 0.6) is 0 Å². The number of halogens is 1. The molecule has 0 aliphatic carbocycles. The van der Waals surface area contributed by atoms with Crippen LogP contribution in [0.25, 0.3) is 0 Å². The van der Waals surface area contributed by atoms with Crippen LogP contribution in [0, 0.1) is 13.8 Å². The fourth-order valence-electron chi connectivity index (χ4n) is 1.91. The van der Waals surface area contributed by atoms with Crippen LogP contribution in [-0.4, -0.2) is 29.5 Å². The van der Waals surface area contributed by atoms with Gasteiger partial charge in [0.15, 0.2) is 5.96 Å². The van der Waals surface area contributed by atoms with E-state index in [2.05, 4.69) is 32.5 Å². The third-order valence-corrected chi connectivity index (χ3v) is 4.49. The number of guanidine groups is 1. The molecule has 0 bridgehead atoms. The first-order valence-electron chi connectivity index (χ1n) is 7.43. The molecule has 0 radical (unpaired) electrons. The maximum atomic E-state index is 5.53. The van der Waals surface area contributed by atoms with Gasteiger partial charge in [0, 0.05) is 31.1 Å². The fraction of sp³-hybridized carbons (Fsp3) is 0.533. The summed E-state index contributed by atoms with van der Waals surface area (Å²) >= 11 is 1.77. The molecule has 0 spiro atoms. The number of aromatic nitrogens is 2. The molecule has 0 amide bonds. The molecule has 0 aromatic carbocycles. The van der Waals surface area contributed by atoms with Gasteiger partial charge < -0.3 is 15.1 Å². The summed E-state index contributed by atoms with van der Waals surface area (Å²) in [5.74, 6) is 2.27. The van der Waals surface area contributed by atoms with Crippen molar-refractivity contribution in [2.45, 2.75) is 40.2 Å². The van der Waals surface area contributed by atoms with E-state index in [-0.39, 0.29) is 24.0 Å². The maximum absolute atomic E-state index is 5.53. The molecule has 2 N–H and O–H groups in total. The van der Waals surface area contributed by atoms with Crippen LogP contribution >= 0.6 is 35.3 Å². The standard InChI is InChI=1S/C15H23N5OS.HI/c1-5-12-8-18-14(22-12)6-7-17-15(16-4)19-9-13-20-10(2)11(3)21-13;/h8H,5-7,9H2,1-4H3,(H2,16,17,19);1H. The Hall–Kier alpha value is -1.16. The summed E-state index contributed by atoms with van der Waals surface area (Å²) in [5, 5.41) is 7.62. The summed E-state index contributed by atoms with van der Waals surface area (Å²) in [7, 11) is 1.75. The van der Waals surface area contributed by atoms with Crippen molar-refractivity contribution in [3.05, 3.63) is 33.4 Å². The van der Waals surface area contributed by atoms with E-state index in [0.717, 1.165) is 41.8 Å². The number of aliphatic imine (C=N–C) groups is 1. The van der Waals surface area contributed by atoms with Crippen molar-refractivity contribution >= 4 is 41.3 Å². The van der Waals surface area contributed by atoms with Gasteiger partial charge in [0.1, 0.15) is 5.76 Å². The number of hydrogen-bond acceptors (Lipinski definition) is 5. The zero-order chi connectivity index (χ0) is 15.9. The first kappa shape index (κ1) is 19.9. The van der Waals surface area contributed by atoms with Gasteiger partial charge in [-0.1, -0.05) is 6.92 Å².